The number of rotatable bonds is 6. The fourth-order valence-corrected chi connectivity index (χ4v) is 2.33. The first-order chi connectivity index (χ1) is 9.29. The topological polar surface area (TPSA) is 38.7 Å². The number of aromatic nitrogens is 1. The molecule has 0 amide bonds. The quantitative estimate of drug-likeness (QED) is 0.887. The van der Waals surface area contributed by atoms with Gasteiger partial charge >= 0.3 is 0 Å². The van der Waals surface area contributed by atoms with E-state index in [1.165, 1.54) is 11.1 Å². The predicted octanol–water partition coefficient (Wildman–Crippen LogP) is 2.51. The Morgan fingerprint density at radius 1 is 1.26 bits per heavy atom. The molecule has 0 atom stereocenters. The zero-order chi connectivity index (χ0) is 13.5. The van der Waals surface area contributed by atoms with Crippen LogP contribution in [-0.4, -0.2) is 11.6 Å². The van der Waals surface area contributed by atoms with E-state index in [0.29, 0.717) is 6.61 Å². The van der Waals surface area contributed by atoms with Crippen molar-refractivity contribution in [2.75, 3.05) is 6.61 Å². The van der Waals surface area contributed by atoms with Crippen LogP contribution < -0.4 is 10.1 Å². The number of nitrogens with two attached hydrogens (primary N) is 1. The van der Waals surface area contributed by atoms with Gasteiger partial charge in [-0.25, -0.2) is 0 Å². The van der Waals surface area contributed by atoms with Crippen molar-refractivity contribution in [3.63, 3.8) is 0 Å². The third kappa shape index (κ3) is 4.33. The number of ether oxygens (including phenoxy) is 1. The van der Waals surface area contributed by atoms with Gasteiger partial charge in [-0.3, -0.25) is 4.98 Å². The molecule has 0 spiro atoms. The van der Waals surface area contributed by atoms with Gasteiger partial charge in [-0.1, -0.05) is 22.0 Å². The molecule has 19 heavy (non-hydrogen) atoms. The maximum absolute atomic E-state index is 5.64. The van der Waals surface area contributed by atoms with Gasteiger partial charge in [0.15, 0.2) is 0 Å². The standard InChI is InChI=1S/C15H17BrN2O/c1-2-19-15-6-5-14(16)8-13(15)11-18-10-12-4-3-7-17-9-12/h3-9,18H,2,10-11H2,1H3/p+1. The van der Waals surface area contributed by atoms with Crippen LogP contribution in [0.15, 0.2) is 47.2 Å². The Balaban J connectivity index is 1.96. The third-order valence-corrected chi connectivity index (χ3v) is 3.28. The van der Waals surface area contributed by atoms with Crippen LogP contribution >= 0.6 is 15.9 Å². The molecule has 0 aliphatic carbocycles. The summed E-state index contributed by atoms with van der Waals surface area (Å²) in [6.07, 6.45) is 3.70. The summed E-state index contributed by atoms with van der Waals surface area (Å²) in [6, 6.07) is 10.2. The number of hydrogen-bond acceptors (Lipinski definition) is 2. The van der Waals surface area contributed by atoms with Crippen LogP contribution in [0, 0.1) is 0 Å². The van der Waals surface area contributed by atoms with Crippen LogP contribution in [0.2, 0.25) is 0 Å². The molecular weight excluding hydrogens is 304 g/mol. The number of quaternary nitrogens is 1. The fraction of sp³-hybridized carbons (Fsp3) is 0.267. The number of hydrogen-bond donors (Lipinski definition) is 1. The van der Waals surface area contributed by atoms with Crippen LogP contribution in [0.3, 0.4) is 0 Å². The van der Waals surface area contributed by atoms with Gasteiger partial charge in [-0.05, 0) is 31.2 Å². The summed E-state index contributed by atoms with van der Waals surface area (Å²) >= 11 is 3.50. The van der Waals surface area contributed by atoms with Crippen LogP contribution in [0.25, 0.3) is 0 Å². The van der Waals surface area contributed by atoms with E-state index in [4.69, 9.17) is 4.74 Å². The smallest absolute Gasteiger partial charge is 0.128 e. The van der Waals surface area contributed by atoms with E-state index in [9.17, 15) is 0 Å². The zero-order valence-corrected chi connectivity index (χ0v) is 12.6. The van der Waals surface area contributed by atoms with Crippen molar-refractivity contribution in [2.24, 2.45) is 0 Å². The SMILES string of the molecule is CCOc1ccc(Br)cc1C[NH2+]Cc1cccnc1. The first-order valence-electron chi connectivity index (χ1n) is 6.41. The number of pyridine rings is 1. The molecule has 1 heterocycles. The Bertz CT molecular complexity index is 517. The minimum absolute atomic E-state index is 0.692. The summed E-state index contributed by atoms with van der Waals surface area (Å²) in [4.78, 5) is 4.12. The normalized spacial score (nSPS) is 10.4. The lowest BCUT2D eigenvalue weighted by Gasteiger charge is -2.10. The molecule has 1 aromatic carbocycles. The van der Waals surface area contributed by atoms with Crippen molar-refractivity contribution in [3.05, 3.63) is 58.3 Å². The second-order valence-corrected chi connectivity index (χ2v) is 5.16. The Hall–Kier alpha value is -1.39. The van der Waals surface area contributed by atoms with Crippen LogP contribution in [0.4, 0.5) is 0 Å². The molecule has 2 aromatic rings. The Morgan fingerprint density at radius 3 is 2.89 bits per heavy atom. The van der Waals surface area contributed by atoms with Crippen LogP contribution in [0.1, 0.15) is 18.1 Å². The summed E-state index contributed by atoms with van der Waals surface area (Å²) in [7, 11) is 0. The van der Waals surface area contributed by atoms with Crippen molar-refractivity contribution < 1.29 is 10.1 Å². The van der Waals surface area contributed by atoms with E-state index in [-0.39, 0.29) is 0 Å². The minimum atomic E-state index is 0.692. The van der Waals surface area contributed by atoms with Crippen molar-refractivity contribution in [2.45, 2.75) is 20.0 Å². The maximum atomic E-state index is 5.64. The van der Waals surface area contributed by atoms with Gasteiger partial charge in [0, 0.05) is 28.0 Å². The second kappa shape index (κ2) is 7.26. The highest BCUT2D eigenvalue weighted by molar-refractivity contribution is 9.10. The van der Waals surface area contributed by atoms with E-state index in [2.05, 4.69) is 38.4 Å². The second-order valence-electron chi connectivity index (χ2n) is 4.24. The summed E-state index contributed by atoms with van der Waals surface area (Å²) in [6.45, 7) is 4.51. The van der Waals surface area contributed by atoms with E-state index >= 15 is 0 Å². The monoisotopic (exact) mass is 321 g/mol. The molecular formula is C15H18BrN2O+. The molecule has 1 aromatic heterocycles. The average molecular weight is 322 g/mol. The highest BCUT2D eigenvalue weighted by Crippen LogP contribution is 2.22. The van der Waals surface area contributed by atoms with Crippen LogP contribution in [0.5, 0.6) is 5.75 Å². The molecule has 4 heteroatoms. The van der Waals surface area contributed by atoms with Gasteiger partial charge in [0.05, 0.1) is 6.61 Å². The summed E-state index contributed by atoms with van der Waals surface area (Å²) < 4.78 is 6.73. The van der Waals surface area contributed by atoms with E-state index < -0.39 is 0 Å². The van der Waals surface area contributed by atoms with E-state index in [0.717, 1.165) is 23.3 Å². The highest BCUT2D eigenvalue weighted by Gasteiger charge is 2.06. The molecule has 100 valence electrons. The van der Waals surface area contributed by atoms with Gasteiger partial charge in [0.25, 0.3) is 0 Å². The molecule has 0 aliphatic heterocycles. The fourth-order valence-electron chi connectivity index (χ4n) is 1.92. The van der Waals surface area contributed by atoms with Gasteiger partial charge in [0.1, 0.15) is 18.8 Å². The minimum Gasteiger partial charge on any atom is -0.493 e. The first-order valence-corrected chi connectivity index (χ1v) is 7.20. The van der Waals surface area contributed by atoms with Crippen molar-refractivity contribution in [1.29, 1.82) is 0 Å². The van der Waals surface area contributed by atoms with Crippen LogP contribution in [-0.2, 0) is 13.1 Å². The molecule has 0 radical (unpaired) electrons. The van der Waals surface area contributed by atoms with Crippen molar-refractivity contribution in [3.8, 4) is 5.75 Å². The highest BCUT2D eigenvalue weighted by atomic mass is 79.9. The van der Waals surface area contributed by atoms with Gasteiger partial charge in [0.2, 0.25) is 0 Å². The lowest BCUT2D eigenvalue weighted by molar-refractivity contribution is -0.686. The summed E-state index contributed by atoms with van der Waals surface area (Å²) in [5.74, 6) is 0.966. The number of halogens is 1. The lowest BCUT2D eigenvalue weighted by atomic mass is 10.2. The van der Waals surface area contributed by atoms with E-state index in [1.54, 1.807) is 6.20 Å². The van der Waals surface area contributed by atoms with E-state index in [1.807, 2.05) is 31.3 Å². The Kier molecular flexibility index (Phi) is 5.36. The summed E-state index contributed by atoms with van der Waals surface area (Å²) in [5.41, 5.74) is 2.44. The molecule has 0 saturated heterocycles. The number of benzene rings is 1. The molecule has 0 unspecified atom stereocenters. The van der Waals surface area contributed by atoms with Crippen molar-refractivity contribution in [1.82, 2.24) is 4.98 Å². The molecule has 2 N–H and O–H groups in total. The van der Waals surface area contributed by atoms with Gasteiger partial charge in [-0.15, -0.1) is 0 Å². The van der Waals surface area contributed by atoms with Crippen molar-refractivity contribution >= 4 is 15.9 Å². The molecule has 0 saturated carbocycles. The van der Waals surface area contributed by atoms with Gasteiger partial charge in [-0.2, -0.15) is 0 Å². The predicted molar refractivity (Wildman–Crippen MR) is 78.9 cm³/mol. The third-order valence-electron chi connectivity index (χ3n) is 2.79. The lowest BCUT2D eigenvalue weighted by Crippen LogP contribution is -2.80. The first kappa shape index (κ1) is 14.0. The Morgan fingerprint density at radius 2 is 2.16 bits per heavy atom. The molecule has 3 nitrogen and oxygen atoms in total. The zero-order valence-electron chi connectivity index (χ0n) is 11.0. The Labute approximate surface area is 122 Å². The molecule has 0 bridgehead atoms. The molecule has 0 fully saturated rings. The molecule has 2 rings (SSSR count). The number of nitrogens with zero attached hydrogens (tertiary/aromatic N) is 1. The van der Waals surface area contributed by atoms with Gasteiger partial charge < -0.3 is 10.1 Å². The maximum Gasteiger partial charge on any atom is 0.128 e. The largest absolute Gasteiger partial charge is 0.493 e. The average Bonchev–Trinajstić information content (AvgIpc) is 2.43. The summed E-state index contributed by atoms with van der Waals surface area (Å²) in [5, 5.41) is 2.25. The molecule has 0 aliphatic rings.